The van der Waals surface area contributed by atoms with Crippen LogP contribution in [0, 0.1) is 0 Å². The molecular weight excluding hydrogens is 264 g/mol. The molecular formula is C16H26N4O. The van der Waals surface area contributed by atoms with Crippen LogP contribution in [0.2, 0.25) is 0 Å². The van der Waals surface area contributed by atoms with Crippen LogP contribution in [0.3, 0.4) is 0 Å². The summed E-state index contributed by atoms with van der Waals surface area (Å²) in [4.78, 5) is 21.2. The number of rotatable bonds is 5. The zero-order valence-corrected chi connectivity index (χ0v) is 13.3. The summed E-state index contributed by atoms with van der Waals surface area (Å²) in [5, 5.41) is 3.15. The summed E-state index contributed by atoms with van der Waals surface area (Å²) >= 11 is 0. The van der Waals surface area contributed by atoms with Crippen molar-refractivity contribution in [2.75, 3.05) is 38.5 Å². The summed E-state index contributed by atoms with van der Waals surface area (Å²) in [5.74, 6) is 0.851. The predicted molar refractivity (Wildman–Crippen MR) is 85.6 cm³/mol. The molecule has 1 N–H and O–H groups in total. The molecule has 0 saturated carbocycles. The molecule has 21 heavy (non-hydrogen) atoms. The minimum absolute atomic E-state index is 0.0894. The molecule has 1 aromatic rings. The van der Waals surface area contributed by atoms with Crippen molar-refractivity contribution in [1.29, 1.82) is 0 Å². The maximum atomic E-state index is 12.6. The summed E-state index contributed by atoms with van der Waals surface area (Å²) in [6.07, 6.45) is 3.81. The van der Waals surface area contributed by atoms with Crippen LogP contribution < -0.4 is 5.32 Å². The van der Waals surface area contributed by atoms with Crippen LogP contribution >= 0.6 is 0 Å². The lowest BCUT2D eigenvalue weighted by atomic mass is 10.0. The van der Waals surface area contributed by atoms with Crippen molar-refractivity contribution in [3.63, 3.8) is 0 Å². The van der Waals surface area contributed by atoms with Crippen molar-refractivity contribution in [1.82, 2.24) is 14.8 Å². The lowest BCUT2D eigenvalue weighted by Crippen LogP contribution is -2.45. The molecule has 0 bridgehead atoms. The van der Waals surface area contributed by atoms with Crippen LogP contribution in [-0.2, 0) is 0 Å². The summed E-state index contributed by atoms with van der Waals surface area (Å²) in [7, 11) is 1.92. The monoisotopic (exact) mass is 290 g/mol. The molecule has 1 saturated heterocycles. The lowest BCUT2D eigenvalue weighted by Gasteiger charge is -2.36. The Labute approximate surface area is 127 Å². The molecule has 2 heterocycles. The SMILES string of the molecule is CCNc1cc(C(=O)N(C)C2CCN(CC)CC2)ccn1. The van der Waals surface area contributed by atoms with Crippen molar-refractivity contribution >= 4 is 11.7 Å². The maximum Gasteiger partial charge on any atom is 0.254 e. The van der Waals surface area contributed by atoms with E-state index in [1.165, 1.54) is 0 Å². The van der Waals surface area contributed by atoms with E-state index >= 15 is 0 Å². The summed E-state index contributed by atoms with van der Waals surface area (Å²) in [5.41, 5.74) is 0.710. The zero-order chi connectivity index (χ0) is 15.2. The Balaban J connectivity index is 2.00. The largest absolute Gasteiger partial charge is 0.370 e. The molecule has 0 spiro atoms. The highest BCUT2D eigenvalue weighted by molar-refractivity contribution is 5.94. The summed E-state index contributed by atoms with van der Waals surface area (Å²) < 4.78 is 0. The third-order valence-corrected chi connectivity index (χ3v) is 4.24. The molecule has 5 nitrogen and oxygen atoms in total. The molecule has 116 valence electrons. The molecule has 1 aromatic heterocycles. The number of nitrogens with one attached hydrogen (secondary N) is 1. The van der Waals surface area contributed by atoms with Crippen LogP contribution in [-0.4, -0.2) is 60.0 Å². The van der Waals surface area contributed by atoms with Gasteiger partial charge in [0.05, 0.1) is 0 Å². The van der Waals surface area contributed by atoms with Crippen molar-refractivity contribution < 1.29 is 4.79 Å². The Hall–Kier alpha value is -1.62. The fourth-order valence-corrected chi connectivity index (χ4v) is 2.83. The van der Waals surface area contributed by atoms with E-state index in [0.717, 1.165) is 44.8 Å². The Morgan fingerprint density at radius 3 is 2.76 bits per heavy atom. The van der Waals surface area contributed by atoms with Gasteiger partial charge in [-0.1, -0.05) is 6.92 Å². The van der Waals surface area contributed by atoms with E-state index in [9.17, 15) is 4.79 Å². The molecule has 5 heteroatoms. The first-order chi connectivity index (χ1) is 10.2. The third kappa shape index (κ3) is 3.94. The molecule has 0 aliphatic carbocycles. The van der Waals surface area contributed by atoms with Gasteiger partial charge in [0.2, 0.25) is 0 Å². The summed E-state index contributed by atoms with van der Waals surface area (Å²) in [6.45, 7) is 8.27. The van der Waals surface area contributed by atoms with E-state index in [-0.39, 0.29) is 5.91 Å². The Bertz CT molecular complexity index is 469. The van der Waals surface area contributed by atoms with Gasteiger partial charge < -0.3 is 15.1 Å². The number of aromatic nitrogens is 1. The van der Waals surface area contributed by atoms with Crippen LogP contribution in [0.4, 0.5) is 5.82 Å². The number of nitrogens with zero attached hydrogens (tertiary/aromatic N) is 3. The van der Waals surface area contributed by atoms with Crippen molar-refractivity contribution in [2.45, 2.75) is 32.7 Å². The number of carbonyl (C=O) groups is 1. The highest BCUT2D eigenvalue weighted by atomic mass is 16.2. The second-order valence-electron chi connectivity index (χ2n) is 5.54. The van der Waals surface area contributed by atoms with Gasteiger partial charge in [0.1, 0.15) is 5.82 Å². The van der Waals surface area contributed by atoms with E-state index in [4.69, 9.17) is 0 Å². The quantitative estimate of drug-likeness (QED) is 0.902. The van der Waals surface area contributed by atoms with Crippen LogP contribution in [0.1, 0.15) is 37.0 Å². The number of anilines is 1. The average molecular weight is 290 g/mol. The van der Waals surface area contributed by atoms with Gasteiger partial charge in [-0.05, 0) is 38.4 Å². The fourth-order valence-electron chi connectivity index (χ4n) is 2.83. The molecule has 0 atom stereocenters. The van der Waals surface area contributed by atoms with E-state index in [2.05, 4.69) is 22.1 Å². The van der Waals surface area contributed by atoms with Crippen LogP contribution in [0.5, 0.6) is 0 Å². The van der Waals surface area contributed by atoms with E-state index in [1.54, 1.807) is 12.3 Å². The van der Waals surface area contributed by atoms with Gasteiger partial charge >= 0.3 is 0 Å². The molecule has 1 fully saturated rings. The second-order valence-corrected chi connectivity index (χ2v) is 5.54. The highest BCUT2D eigenvalue weighted by Crippen LogP contribution is 2.18. The van der Waals surface area contributed by atoms with Crippen LogP contribution in [0.15, 0.2) is 18.3 Å². The van der Waals surface area contributed by atoms with E-state index < -0.39 is 0 Å². The normalized spacial score (nSPS) is 16.7. The first-order valence-electron chi connectivity index (χ1n) is 7.85. The van der Waals surface area contributed by atoms with Gasteiger partial charge in [-0.15, -0.1) is 0 Å². The first kappa shape index (κ1) is 15.8. The van der Waals surface area contributed by atoms with Gasteiger partial charge in [-0.2, -0.15) is 0 Å². The number of amides is 1. The van der Waals surface area contributed by atoms with E-state index in [0.29, 0.717) is 11.6 Å². The van der Waals surface area contributed by atoms with Crippen molar-refractivity contribution in [3.8, 4) is 0 Å². The third-order valence-electron chi connectivity index (χ3n) is 4.24. The molecule has 2 rings (SSSR count). The van der Waals surface area contributed by atoms with Crippen molar-refractivity contribution in [3.05, 3.63) is 23.9 Å². The fraction of sp³-hybridized carbons (Fsp3) is 0.625. The molecule has 0 unspecified atom stereocenters. The number of pyridine rings is 1. The minimum Gasteiger partial charge on any atom is -0.370 e. The maximum absolute atomic E-state index is 12.6. The number of hydrogen-bond acceptors (Lipinski definition) is 4. The van der Waals surface area contributed by atoms with Crippen LogP contribution in [0.25, 0.3) is 0 Å². The Morgan fingerprint density at radius 1 is 1.43 bits per heavy atom. The van der Waals surface area contributed by atoms with Crippen molar-refractivity contribution in [2.24, 2.45) is 0 Å². The average Bonchev–Trinajstić information content (AvgIpc) is 2.54. The minimum atomic E-state index is 0.0894. The van der Waals surface area contributed by atoms with Gasteiger partial charge in [-0.25, -0.2) is 4.98 Å². The number of carbonyl (C=O) groups excluding carboxylic acids is 1. The number of likely N-dealkylation sites (tertiary alicyclic amines) is 1. The number of hydrogen-bond donors (Lipinski definition) is 1. The molecule has 0 radical (unpaired) electrons. The first-order valence-corrected chi connectivity index (χ1v) is 7.85. The Morgan fingerprint density at radius 2 is 2.14 bits per heavy atom. The standard InChI is InChI=1S/C16H26N4O/c1-4-17-15-12-13(6-9-18-15)16(21)19(3)14-7-10-20(5-2)11-8-14/h6,9,12,14H,4-5,7-8,10-11H2,1-3H3,(H,17,18). The number of piperidine rings is 1. The van der Waals surface area contributed by atoms with Gasteiger partial charge in [0.25, 0.3) is 5.91 Å². The topological polar surface area (TPSA) is 48.5 Å². The molecule has 1 amide bonds. The Kier molecular flexibility index (Phi) is 5.56. The highest BCUT2D eigenvalue weighted by Gasteiger charge is 2.25. The molecule has 1 aliphatic rings. The van der Waals surface area contributed by atoms with Gasteiger partial charge in [0.15, 0.2) is 0 Å². The summed E-state index contributed by atoms with van der Waals surface area (Å²) in [6, 6.07) is 3.97. The zero-order valence-electron chi connectivity index (χ0n) is 13.3. The van der Waals surface area contributed by atoms with Gasteiger partial charge in [-0.3, -0.25) is 4.79 Å². The molecule has 0 aromatic carbocycles. The lowest BCUT2D eigenvalue weighted by molar-refractivity contribution is 0.0647. The predicted octanol–water partition coefficient (Wildman–Crippen LogP) is 2.07. The van der Waals surface area contributed by atoms with Gasteiger partial charge in [0, 0.05) is 44.5 Å². The smallest absolute Gasteiger partial charge is 0.254 e. The second kappa shape index (κ2) is 7.41. The molecule has 1 aliphatic heterocycles. The van der Waals surface area contributed by atoms with E-state index in [1.807, 2.05) is 24.9 Å².